The monoisotopic (exact) mass is 746 g/mol. The zero-order valence-corrected chi connectivity index (χ0v) is 28.3. The van der Waals surface area contributed by atoms with Crippen molar-refractivity contribution in [2.45, 2.75) is 82.6 Å². The highest BCUT2D eigenvalue weighted by Crippen LogP contribution is 2.36. The Morgan fingerprint density at radius 1 is 0.867 bits per heavy atom. The number of pyridine rings is 2. The minimum absolute atomic E-state index is 0.0343. The zero-order chi connectivity index (χ0) is 32.5. The Morgan fingerprint density at radius 3 is 1.82 bits per heavy atom. The number of aliphatic hydroxyl groups is 3. The Labute approximate surface area is 279 Å². The second kappa shape index (κ2) is 16.5. The molecule has 45 heavy (non-hydrogen) atoms. The van der Waals surface area contributed by atoms with Crippen molar-refractivity contribution in [2.24, 2.45) is 0 Å². The Morgan fingerprint density at radius 2 is 1.33 bits per heavy atom. The fourth-order valence-electron chi connectivity index (χ4n) is 5.78. The molecule has 6 rings (SSSR count). The van der Waals surface area contributed by atoms with Gasteiger partial charge in [-0.2, -0.15) is 0 Å². The normalized spacial score (nSPS) is 21.2. The quantitative estimate of drug-likeness (QED) is 0.0928. The molecule has 0 saturated heterocycles. The lowest BCUT2D eigenvalue weighted by Crippen LogP contribution is -2.30. The van der Waals surface area contributed by atoms with Gasteiger partial charge in [-0.1, -0.05) is 31.9 Å². The van der Waals surface area contributed by atoms with Crippen molar-refractivity contribution in [3.63, 3.8) is 0 Å². The number of fused-ring (bicyclic) bond motifs is 2. The molecule has 2 fully saturated rings. The van der Waals surface area contributed by atoms with E-state index in [0.29, 0.717) is 28.7 Å². The molecule has 2 aromatic heterocycles. The van der Waals surface area contributed by atoms with Crippen LogP contribution in [0.2, 0.25) is 0 Å². The maximum Gasteiger partial charge on any atom is 0.311 e. The van der Waals surface area contributed by atoms with Crippen molar-refractivity contribution in [1.82, 2.24) is 9.97 Å². The molecule has 4 atom stereocenters. The zero-order valence-electron chi connectivity index (χ0n) is 25.1. The van der Waals surface area contributed by atoms with Crippen LogP contribution in [0.15, 0.2) is 57.7 Å². The smallest absolute Gasteiger partial charge is 0.311 e. The van der Waals surface area contributed by atoms with E-state index < -0.39 is 4.92 Å². The van der Waals surface area contributed by atoms with Crippen molar-refractivity contribution >= 4 is 76.4 Å². The number of halogens is 2. The highest BCUT2D eigenvalue weighted by molar-refractivity contribution is 9.10. The third kappa shape index (κ3) is 9.46. The van der Waals surface area contributed by atoms with E-state index in [2.05, 4.69) is 52.5 Å². The SMILES string of the molecule is CCO.Nc1cnc2ccc(Br)cc2c1NC1CCCC(O)C1.O=[N+]([O-])c1cnc2ccc(Br)cc2c1NC1CCCC(O)C1. The molecule has 2 heterocycles. The number of nitrogens with one attached hydrogen (secondary N) is 2. The molecule has 0 spiro atoms. The van der Waals surface area contributed by atoms with Crippen molar-refractivity contribution in [1.29, 1.82) is 0 Å². The largest absolute Gasteiger partial charge is 0.397 e. The van der Waals surface area contributed by atoms with Crippen LogP contribution in [0, 0.1) is 10.1 Å². The molecule has 2 aromatic carbocycles. The first-order chi connectivity index (χ1) is 21.6. The third-order valence-corrected chi connectivity index (χ3v) is 8.84. The van der Waals surface area contributed by atoms with Gasteiger partial charge in [0, 0.05) is 38.4 Å². The molecular weight excluding hydrogens is 708 g/mol. The number of anilines is 3. The number of nitrogen functional groups attached to an aromatic ring is 1. The van der Waals surface area contributed by atoms with Gasteiger partial charge in [0.1, 0.15) is 11.9 Å². The molecule has 2 aliphatic rings. The highest BCUT2D eigenvalue weighted by atomic mass is 79.9. The first kappa shape index (κ1) is 34.8. The summed E-state index contributed by atoms with van der Waals surface area (Å²) in [5, 5.41) is 47.0. The van der Waals surface area contributed by atoms with Crippen LogP contribution in [0.5, 0.6) is 0 Å². The second-order valence-corrected chi connectivity index (χ2v) is 13.2. The molecule has 0 radical (unpaired) electrons. The number of aliphatic hydroxyl groups excluding tert-OH is 3. The highest BCUT2D eigenvalue weighted by Gasteiger charge is 2.25. The average molecular weight is 749 g/mol. The Balaban J connectivity index is 0.000000189. The van der Waals surface area contributed by atoms with Crippen molar-refractivity contribution < 1.29 is 20.2 Å². The van der Waals surface area contributed by atoms with E-state index in [1.807, 2.05) is 36.4 Å². The molecule has 7 N–H and O–H groups in total. The summed E-state index contributed by atoms with van der Waals surface area (Å²) < 4.78 is 1.85. The van der Waals surface area contributed by atoms with E-state index in [9.17, 15) is 20.3 Å². The van der Waals surface area contributed by atoms with Gasteiger partial charge < -0.3 is 31.7 Å². The predicted octanol–water partition coefficient (Wildman–Crippen LogP) is 6.91. The summed E-state index contributed by atoms with van der Waals surface area (Å²) in [5.41, 5.74) is 9.73. The van der Waals surface area contributed by atoms with Crippen LogP contribution in [-0.4, -0.2) is 61.1 Å². The van der Waals surface area contributed by atoms with E-state index >= 15 is 0 Å². The van der Waals surface area contributed by atoms with Crippen LogP contribution in [0.3, 0.4) is 0 Å². The average Bonchev–Trinajstić information content (AvgIpc) is 3.00. The molecule has 0 amide bonds. The van der Waals surface area contributed by atoms with Crippen LogP contribution in [0.25, 0.3) is 21.8 Å². The summed E-state index contributed by atoms with van der Waals surface area (Å²) in [5.74, 6) is 0. The van der Waals surface area contributed by atoms with Crippen molar-refractivity contribution in [3.8, 4) is 0 Å². The van der Waals surface area contributed by atoms with E-state index in [1.165, 1.54) is 6.20 Å². The van der Waals surface area contributed by atoms with Crippen LogP contribution in [-0.2, 0) is 0 Å². The fourth-order valence-corrected chi connectivity index (χ4v) is 6.51. The Bertz CT molecular complexity index is 1600. The van der Waals surface area contributed by atoms with Gasteiger partial charge in [0.25, 0.3) is 0 Å². The minimum atomic E-state index is -0.422. The number of hydrogen-bond donors (Lipinski definition) is 6. The minimum Gasteiger partial charge on any atom is -0.397 e. The lowest BCUT2D eigenvalue weighted by Gasteiger charge is -2.28. The number of nitro groups is 1. The number of rotatable bonds is 5. The summed E-state index contributed by atoms with van der Waals surface area (Å²) in [6.45, 7) is 1.93. The standard InChI is InChI=1S/C15H16BrN3O3.C15H18BrN3O.C2H6O/c16-9-4-5-13-12(6-9)15(14(8-17-13)19(21)22)18-10-2-1-3-11(20)7-10;16-9-4-5-14-12(6-9)15(13(17)8-18-14)19-10-2-1-3-11(20)7-10;1-2-3/h4-6,8,10-11,20H,1-3,7H2,(H,17,18);4-6,8,10-11,20H,1-3,7,17H2,(H,18,19);3H,2H2,1H3. The number of nitrogens with two attached hydrogens (primary N) is 1. The van der Waals surface area contributed by atoms with Gasteiger partial charge in [-0.05, 0) is 94.7 Å². The Hall–Kier alpha value is -3.10. The summed E-state index contributed by atoms with van der Waals surface area (Å²) in [6, 6.07) is 11.8. The fraction of sp³-hybridized carbons (Fsp3) is 0.438. The van der Waals surface area contributed by atoms with Crippen molar-refractivity contribution in [2.75, 3.05) is 23.0 Å². The van der Waals surface area contributed by atoms with E-state index in [1.54, 1.807) is 13.1 Å². The molecule has 242 valence electrons. The summed E-state index contributed by atoms with van der Waals surface area (Å²) >= 11 is 6.89. The molecule has 4 unspecified atom stereocenters. The topological polar surface area (TPSA) is 180 Å². The number of nitrogens with zero attached hydrogens (tertiary/aromatic N) is 3. The molecule has 4 aromatic rings. The van der Waals surface area contributed by atoms with E-state index in [4.69, 9.17) is 10.8 Å². The number of aromatic nitrogens is 2. The van der Waals surface area contributed by atoms with Gasteiger partial charge in [-0.15, -0.1) is 0 Å². The van der Waals surface area contributed by atoms with Gasteiger partial charge in [-0.3, -0.25) is 15.1 Å². The number of hydrogen-bond acceptors (Lipinski definition) is 10. The third-order valence-electron chi connectivity index (χ3n) is 7.86. The first-order valence-corrected chi connectivity index (χ1v) is 16.7. The Kier molecular flexibility index (Phi) is 12.7. The van der Waals surface area contributed by atoms with Crippen LogP contribution in [0.4, 0.5) is 22.7 Å². The first-order valence-electron chi connectivity index (χ1n) is 15.2. The van der Waals surface area contributed by atoms with E-state index in [0.717, 1.165) is 70.5 Å². The molecule has 2 saturated carbocycles. The van der Waals surface area contributed by atoms with Gasteiger partial charge in [-0.25, -0.2) is 4.98 Å². The molecule has 2 aliphatic carbocycles. The van der Waals surface area contributed by atoms with Crippen LogP contribution < -0.4 is 16.4 Å². The van der Waals surface area contributed by atoms with E-state index in [-0.39, 0.29) is 36.6 Å². The number of benzene rings is 2. The molecule has 11 nitrogen and oxygen atoms in total. The molecule has 13 heteroatoms. The van der Waals surface area contributed by atoms with Gasteiger partial charge >= 0.3 is 5.69 Å². The van der Waals surface area contributed by atoms with Gasteiger partial charge in [0.05, 0.1) is 45.7 Å². The second-order valence-electron chi connectivity index (χ2n) is 11.3. The summed E-state index contributed by atoms with van der Waals surface area (Å²) in [4.78, 5) is 19.4. The summed E-state index contributed by atoms with van der Waals surface area (Å²) in [6.07, 6.45) is 9.43. The summed E-state index contributed by atoms with van der Waals surface area (Å²) in [7, 11) is 0. The maximum atomic E-state index is 11.3. The molecule has 0 aliphatic heterocycles. The maximum absolute atomic E-state index is 11.3. The van der Waals surface area contributed by atoms with Crippen molar-refractivity contribution in [3.05, 3.63) is 67.9 Å². The van der Waals surface area contributed by atoms with Gasteiger partial charge in [0.2, 0.25) is 0 Å². The van der Waals surface area contributed by atoms with Crippen LogP contribution in [0.1, 0.15) is 58.3 Å². The lowest BCUT2D eigenvalue weighted by atomic mass is 9.92. The molecular formula is C32H40Br2N6O5. The predicted molar refractivity (Wildman–Crippen MR) is 186 cm³/mol. The van der Waals surface area contributed by atoms with Gasteiger partial charge in [0.15, 0.2) is 0 Å². The lowest BCUT2D eigenvalue weighted by molar-refractivity contribution is -0.384. The van der Waals surface area contributed by atoms with Crippen LogP contribution >= 0.6 is 31.9 Å². The molecule has 0 bridgehead atoms.